The van der Waals surface area contributed by atoms with Crippen LogP contribution in [0.25, 0.3) is 0 Å². The van der Waals surface area contributed by atoms with Gasteiger partial charge in [-0.3, -0.25) is 9.59 Å². The number of benzene rings is 1. The number of halogens is 1. The topological polar surface area (TPSA) is 73.2 Å². The summed E-state index contributed by atoms with van der Waals surface area (Å²) in [5.41, 5.74) is 0.836. The van der Waals surface area contributed by atoms with Crippen LogP contribution in [0.2, 0.25) is 5.02 Å². The maximum absolute atomic E-state index is 12.5. The molecular formula is C17H20ClN3O3. The highest BCUT2D eigenvalue weighted by molar-refractivity contribution is 6.30. The van der Waals surface area contributed by atoms with Gasteiger partial charge in [0, 0.05) is 18.2 Å². The number of hydrogen-bond donors (Lipinski definition) is 1. The average molecular weight is 350 g/mol. The summed E-state index contributed by atoms with van der Waals surface area (Å²) < 4.78 is 6.16. The minimum atomic E-state index is -0.340. The van der Waals surface area contributed by atoms with Gasteiger partial charge in [-0.1, -0.05) is 30.7 Å². The van der Waals surface area contributed by atoms with E-state index < -0.39 is 0 Å². The first kappa shape index (κ1) is 18.2. The van der Waals surface area contributed by atoms with Gasteiger partial charge >= 0.3 is 0 Å². The highest BCUT2D eigenvalue weighted by Crippen LogP contribution is 2.20. The van der Waals surface area contributed by atoms with Crippen LogP contribution in [0.5, 0.6) is 0 Å². The smallest absolute Gasteiger partial charge is 0.272 e. The van der Waals surface area contributed by atoms with Gasteiger partial charge in [0.15, 0.2) is 0 Å². The summed E-state index contributed by atoms with van der Waals surface area (Å²) in [7, 11) is 1.54. The van der Waals surface area contributed by atoms with Crippen LogP contribution in [0.15, 0.2) is 41.2 Å². The largest absolute Gasteiger partial charge is 0.383 e. The van der Waals surface area contributed by atoms with E-state index in [1.54, 1.807) is 13.2 Å². The summed E-state index contributed by atoms with van der Waals surface area (Å²) >= 11 is 6.01. The lowest BCUT2D eigenvalue weighted by atomic mass is 10.0. The second-order valence-electron chi connectivity index (χ2n) is 5.26. The highest BCUT2D eigenvalue weighted by Gasteiger charge is 2.16. The molecule has 0 aliphatic carbocycles. The number of nitrogens with zero attached hydrogens (tertiary/aromatic N) is 2. The fourth-order valence-electron chi connectivity index (χ4n) is 2.28. The maximum Gasteiger partial charge on any atom is 0.272 e. The lowest BCUT2D eigenvalue weighted by Crippen LogP contribution is -2.32. The molecule has 1 heterocycles. The third-order valence-corrected chi connectivity index (χ3v) is 3.81. The Morgan fingerprint density at radius 1 is 1.38 bits per heavy atom. The first-order chi connectivity index (χ1) is 11.5. The zero-order valence-electron chi connectivity index (χ0n) is 13.7. The Morgan fingerprint density at radius 2 is 2.17 bits per heavy atom. The summed E-state index contributed by atoms with van der Waals surface area (Å²) in [5.74, 6) is -0.340. The maximum atomic E-state index is 12.5. The van der Waals surface area contributed by atoms with Gasteiger partial charge in [-0.25, -0.2) is 4.68 Å². The van der Waals surface area contributed by atoms with Crippen molar-refractivity contribution in [2.45, 2.75) is 25.9 Å². The molecule has 1 amide bonds. The van der Waals surface area contributed by atoms with Crippen molar-refractivity contribution < 1.29 is 9.53 Å². The first-order valence-electron chi connectivity index (χ1n) is 7.68. The van der Waals surface area contributed by atoms with E-state index in [0.717, 1.165) is 5.56 Å². The van der Waals surface area contributed by atoms with Crippen molar-refractivity contribution in [2.24, 2.45) is 0 Å². The van der Waals surface area contributed by atoms with E-state index in [0.29, 0.717) is 24.6 Å². The average Bonchev–Trinajstić information content (AvgIpc) is 2.58. The Labute approximate surface area is 145 Å². The zero-order chi connectivity index (χ0) is 17.5. The zero-order valence-corrected chi connectivity index (χ0v) is 14.4. The van der Waals surface area contributed by atoms with Crippen LogP contribution in [0.3, 0.4) is 0 Å². The van der Waals surface area contributed by atoms with E-state index in [4.69, 9.17) is 16.3 Å². The molecule has 0 saturated heterocycles. The Balaban J connectivity index is 2.17. The molecule has 128 valence electrons. The second-order valence-corrected chi connectivity index (χ2v) is 5.70. The van der Waals surface area contributed by atoms with Crippen molar-refractivity contribution in [2.75, 3.05) is 13.7 Å². The van der Waals surface area contributed by atoms with Crippen molar-refractivity contribution in [3.05, 3.63) is 63.0 Å². The molecule has 0 saturated carbocycles. The number of aromatic nitrogens is 2. The molecule has 0 fully saturated rings. The molecule has 1 aromatic carbocycles. The van der Waals surface area contributed by atoms with Crippen molar-refractivity contribution in [3.8, 4) is 0 Å². The minimum Gasteiger partial charge on any atom is -0.383 e. The van der Waals surface area contributed by atoms with Gasteiger partial charge < -0.3 is 10.1 Å². The Hall–Kier alpha value is -2.18. The predicted molar refractivity (Wildman–Crippen MR) is 92.3 cm³/mol. The molecule has 0 bridgehead atoms. The number of ether oxygens (including phenoxy) is 1. The molecule has 0 aliphatic heterocycles. The molecule has 0 unspecified atom stereocenters. The van der Waals surface area contributed by atoms with E-state index in [1.807, 2.05) is 25.1 Å². The lowest BCUT2D eigenvalue weighted by molar-refractivity contribution is 0.0926. The quantitative estimate of drug-likeness (QED) is 0.833. The van der Waals surface area contributed by atoms with Crippen molar-refractivity contribution in [3.63, 3.8) is 0 Å². The Bertz CT molecular complexity index is 761. The predicted octanol–water partition coefficient (Wildman–Crippen LogP) is 2.42. The Morgan fingerprint density at radius 3 is 2.83 bits per heavy atom. The van der Waals surface area contributed by atoms with Gasteiger partial charge in [0.1, 0.15) is 5.69 Å². The molecular weight excluding hydrogens is 330 g/mol. The van der Waals surface area contributed by atoms with Crippen LogP contribution in [-0.2, 0) is 11.3 Å². The molecule has 6 nitrogen and oxygen atoms in total. The summed E-state index contributed by atoms with van der Waals surface area (Å²) in [6.45, 7) is 2.61. The fourth-order valence-corrected chi connectivity index (χ4v) is 2.48. The Kier molecular flexibility index (Phi) is 6.52. The molecule has 1 aromatic heterocycles. The van der Waals surface area contributed by atoms with Gasteiger partial charge in [-0.15, -0.1) is 0 Å². The standard InChI is InChI=1S/C17H20ClN3O3/c1-3-14(12-5-4-6-13(18)11-12)19-17(23)15-7-8-16(22)21(20-15)9-10-24-2/h4-8,11,14H,3,9-10H2,1-2H3,(H,19,23)/t14-/m0/s1. The van der Waals surface area contributed by atoms with Crippen LogP contribution < -0.4 is 10.9 Å². The van der Waals surface area contributed by atoms with Gasteiger partial charge in [-0.2, -0.15) is 5.10 Å². The minimum absolute atomic E-state index is 0.183. The summed E-state index contributed by atoms with van der Waals surface area (Å²) in [6, 6.07) is 9.93. The van der Waals surface area contributed by atoms with E-state index in [1.165, 1.54) is 16.8 Å². The van der Waals surface area contributed by atoms with Crippen molar-refractivity contribution in [1.29, 1.82) is 0 Å². The first-order valence-corrected chi connectivity index (χ1v) is 8.06. The second kappa shape index (κ2) is 8.61. The molecule has 7 heteroatoms. The van der Waals surface area contributed by atoms with Crippen molar-refractivity contribution >= 4 is 17.5 Å². The molecule has 1 atom stereocenters. The molecule has 1 N–H and O–H groups in total. The van der Waals surface area contributed by atoms with Crippen LogP contribution >= 0.6 is 11.6 Å². The molecule has 0 radical (unpaired) electrons. The third kappa shape index (κ3) is 4.66. The van der Waals surface area contributed by atoms with E-state index in [2.05, 4.69) is 10.4 Å². The van der Waals surface area contributed by atoms with Gasteiger partial charge in [-0.05, 0) is 30.2 Å². The van der Waals surface area contributed by atoms with Gasteiger partial charge in [0.25, 0.3) is 11.5 Å². The molecule has 2 rings (SSSR count). The number of methoxy groups -OCH3 is 1. The van der Waals surface area contributed by atoms with Crippen LogP contribution in [0, 0.1) is 0 Å². The SMILES string of the molecule is CC[C@H](NC(=O)c1ccc(=O)n(CCOC)n1)c1cccc(Cl)c1. The summed E-state index contributed by atoms with van der Waals surface area (Å²) in [4.78, 5) is 24.2. The third-order valence-electron chi connectivity index (χ3n) is 3.57. The normalized spacial score (nSPS) is 12.0. The monoisotopic (exact) mass is 349 g/mol. The number of carbonyl (C=O) groups is 1. The number of rotatable bonds is 7. The summed E-state index contributed by atoms with van der Waals surface area (Å²) in [5, 5.41) is 7.63. The van der Waals surface area contributed by atoms with Crippen LogP contribution in [-0.4, -0.2) is 29.4 Å². The van der Waals surface area contributed by atoms with Crippen LogP contribution in [0.1, 0.15) is 35.4 Å². The number of nitrogens with one attached hydrogen (secondary N) is 1. The highest BCUT2D eigenvalue weighted by atomic mass is 35.5. The molecule has 24 heavy (non-hydrogen) atoms. The van der Waals surface area contributed by atoms with Gasteiger partial charge in [0.05, 0.1) is 19.2 Å². The number of carbonyl (C=O) groups excluding carboxylic acids is 1. The molecule has 2 aromatic rings. The van der Waals surface area contributed by atoms with E-state index in [-0.39, 0.29) is 23.2 Å². The van der Waals surface area contributed by atoms with Gasteiger partial charge in [0.2, 0.25) is 0 Å². The van der Waals surface area contributed by atoms with E-state index >= 15 is 0 Å². The number of hydrogen-bond acceptors (Lipinski definition) is 4. The molecule has 0 spiro atoms. The van der Waals surface area contributed by atoms with E-state index in [9.17, 15) is 9.59 Å². The van der Waals surface area contributed by atoms with Crippen LogP contribution in [0.4, 0.5) is 0 Å². The number of amides is 1. The fraction of sp³-hybridized carbons (Fsp3) is 0.353. The summed E-state index contributed by atoms with van der Waals surface area (Å²) in [6.07, 6.45) is 0.704. The molecule has 0 aliphatic rings. The lowest BCUT2D eigenvalue weighted by Gasteiger charge is -2.17. The van der Waals surface area contributed by atoms with Crippen molar-refractivity contribution in [1.82, 2.24) is 15.1 Å².